The van der Waals surface area contributed by atoms with Crippen molar-refractivity contribution in [2.45, 2.75) is 0 Å². The number of furan rings is 1. The van der Waals surface area contributed by atoms with E-state index in [2.05, 4.69) is 193 Å². The van der Waals surface area contributed by atoms with Crippen molar-refractivity contribution in [2.75, 3.05) is 0 Å². The molecule has 1 unspecified atom stereocenters. The third-order valence-electron chi connectivity index (χ3n) is 11.9. The molecule has 11 aromatic rings. The summed E-state index contributed by atoms with van der Waals surface area (Å²) in [4.78, 5) is 0. The summed E-state index contributed by atoms with van der Waals surface area (Å²) in [6.45, 7) is 0. The normalized spacial score (nSPS) is 15.0. The molecule has 0 N–H and O–H groups in total. The second-order valence-corrected chi connectivity index (χ2v) is 18.5. The van der Waals surface area contributed by atoms with Crippen LogP contribution in [-0.2, 0) is 0 Å². The zero-order valence-corrected chi connectivity index (χ0v) is 31.3. The number of ether oxygens (including phenoxy) is 1. The molecule has 0 fully saturated rings. The molecule has 1 atom stereocenters. The average Bonchev–Trinajstić information content (AvgIpc) is 3.81. The van der Waals surface area contributed by atoms with Crippen molar-refractivity contribution in [1.82, 2.24) is 4.57 Å². The second kappa shape index (κ2) is 11.9. The Hall–Kier alpha value is -7.14. The first-order chi connectivity index (χ1) is 27.8. The standard InChI is InChI=1S/C52H33NO2Si/c1-2-18-38-34(14-1)15-11-28-49(38)56(37-17-12-16-36(33-37)53-44-23-6-3-19-40(44)41-20-4-7-24-45(41)53)50-27-10-9-26-48(50)55-52-39(22-13-29-51(52)56)35-30-31-47-43(32-35)42-21-5-8-25-46(42)54-47/h1-33H. The number of benzene rings is 9. The van der Waals surface area contributed by atoms with Crippen molar-refractivity contribution in [3.05, 3.63) is 200 Å². The first-order valence-corrected chi connectivity index (χ1v) is 21.2. The number of nitrogens with zero attached hydrogens (tertiary/aromatic N) is 1. The van der Waals surface area contributed by atoms with Gasteiger partial charge in [0.2, 0.25) is 0 Å². The van der Waals surface area contributed by atoms with E-state index in [1.165, 1.54) is 53.3 Å². The minimum atomic E-state index is -3.12. The molecule has 3 nitrogen and oxygen atoms in total. The summed E-state index contributed by atoms with van der Waals surface area (Å²) < 4.78 is 15.9. The molecule has 4 heteroatoms. The van der Waals surface area contributed by atoms with Crippen LogP contribution < -0.4 is 25.5 Å². The largest absolute Gasteiger partial charge is 0.457 e. The summed E-state index contributed by atoms with van der Waals surface area (Å²) in [5, 5.41) is 12.4. The van der Waals surface area contributed by atoms with E-state index < -0.39 is 8.07 Å². The van der Waals surface area contributed by atoms with E-state index in [1.807, 2.05) is 12.1 Å². The molecule has 12 rings (SSSR count). The van der Waals surface area contributed by atoms with Gasteiger partial charge in [0, 0.05) is 32.8 Å². The number of hydrogen-bond donors (Lipinski definition) is 0. The van der Waals surface area contributed by atoms with E-state index in [0.29, 0.717) is 0 Å². The van der Waals surface area contributed by atoms with Gasteiger partial charge in [0.05, 0.1) is 11.0 Å². The van der Waals surface area contributed by atoms with Crippen LogP contribution in [-0.4, -0.2) is 12.6 Å². The average molecular weight is 732 g/mol. The smallest absolute Gasteiger partial charge is 0.188 e. The summed E-state index contributed by atoms with van der Waals surface area (Å²) in [5.41, 5.74) is 7.48. The molecule has 3 heterocycles. The summed E-state index contributed by atoms with van der Waals surface area (Å²) in [7, 11) is -3.12. The van der Waals surface area contributed by atoms with Gasteiger partial charge in [0.25, 0.3) is 0 Å². The van der Waals surface area contributed by atoms with Crippen LogP contribution in [0.5, 0.6) is 11.5 Å². The predicted molar refractivity (Wildman–Crippen MR) is 235 cm³/mol. The molecule has 262 valence electrons. The zero-order valence-electron chi connectivity index (χ0n) is 30.3. The maximum atomic E-state index is 7.18. The number of para-hydroxylation sites is 5. The second-order valence-electron chi connectivity index (χ2n) is 14.8. The van der Waals surface area contributed by atoms with Crippen molar-refractivity contribution in [2.24, 2.45) is 0 Å². The van der Waals surface area contributed by atoms with Crippen molar-refractivity contribution in [3.63, 3.8) is 0 Å². The third-order valence-corrected chi connectivity index (χ3v) is 16.8. The molecule has 0 amide bonds. The quantitative estimate of drug-likeness (QED) is 0.169. The monoisotopic (exact) mass is 731 g/mol. The van der Waals surface area contributed by atoms with Gasteiger partial charge in [-0.1, -0.05) is 152 Å². The Morgan fingerprint density at radius 1 is 0.411 bits per heavy atom. The Balaban J connectivity index is 1.19. The number of rotatable bonds is 4. The molecule has 1 aliphatic rings. The fourth-order valence-electron chi connectivity index (χ4n) is 9.57. The van der Waals surface area contributed by atoms with Gasteiger partial charge >= 0.3 is 0 Å². The fourth-order valence-corrected chi connectivity index (χ4v) is 14.8. The molecule has 2 aromatic heterocycles. The van der Waals surface area contributed by atoms with E-state index >= 15 is 0 Å². The molecule has 0 saturated carbocycles. The van der Waals surface area contributed by atoms with E-state index in [4.69, 9.17) is 9.15 Å². The van der Waals surface area contributed by atoms with E-state index in [1.54, 1.807) is 0 Å². The molecule has 0 bridgehead atoms. The minimum Gasteiger partial charge on any atom is -0.457 e. The Bertz CT molecular complexity index is 3320. The predicted octanol–water partition coefficient (Wildman–Crippen LogP) is 11.0. The SMILES string of the molecule is c1cc(-n2c3ccccc3c3ccccc32)cc([Si]2(c3cccc4ccccc34)c3ccccc3Oc3c(-c4ccc5oc6ccccc6c5c4)cccc32)c1. The van der Waals surface area contributed by atoms with E-state index in [-0.39, 0.29) is 0 Å². The van der Waals surface area contributed by atoms with Gasteiger partial charge in [-0.05, 0) is 85.6 Å². The van der Waals surface area contributed by atoms with E-state index in [0.717, 1.165) is 50.3 Å². The Morgan fingerprint density at radius 2 is 1.04 bits per heavy atom. The molecule has 0 radical (unpaired) electrons. The van der Waals surface area contributed by atoms with Crippen molar-refractivity contribution in [3.8, 4) is 28.3 Å². The summed E-state index contributed by atoms with van der Waals surface area (Å²) in [6.07, 6.45) is 0. The Labute approximate surface area is 324 Å². The van der Waals surface area contributed by atoms with Gasteiger partial charge in [-0.2, -0.15) is 0 Å². The van der Waals surface area contributed by atoms with Crippen LogP contribution in [0, 0.1) is 0 Å². The van der Waals surface area contributed by atoms with Gasteiger partial charge in [-0.25, -0.2) is 0 Å². The molecular weight excluding hydrogens is 699 g/mol. The van der Waals surface area contributed by atoms with Gasteiger partial charge < -0.3 is 13.7 Å². The lowest BCUT2D eigenvalue weighted by atomic mass is 10.0. The van der Waals surface area contributed by atoms with Gasteiger partial charge in [-0.15, -0.1) is 0 Å². The lowest BCUT2D eigenvalue weighted by molar-refractivity contribution is 0.489. The highest BCUT2D eigenvalue weighted by Gasteiger charge is 2.49. The van der Waals surface area contributed by atoms with Gasteiger partial charge in [-0.3, -0.25) is 0 Å². The van der Waals surface area contributed by atoms with E-state index in [9.17, 15) is 0 Å². The first-order valence-electron chi connectivity index (χ1n) is 19.2. The zero-order chi connectivity index (χ0) is 36.8. The number of hydrogen-bond acceptors (Lipinski definition) is 2. The summed E-state index contributed by atoms with van der Waals surface area (Å²) in [6, 6.07) is 73.0. The highest BCUT2D eigenvalue weighted by Crippen LogP contribution is 2.40. The van der Waals surface area contributed by atoms with Crippen LogP contribution in [0.25, 0.3) is 71.3 Å². The van der Waals surface area contributed by atoms with Crippen LogP contribution in [0.1, 0.15) is 0 Å². The Morgan fingerprint density at radius 3 is 1.89 bits per heavy atom. The van der Waals surface area contributed by atoms with Crippen molar-refractivity contribution in [1.29, 1.82) is 0 Å². The number of fused-ring (bicyclic) bond motifs is 9. The molecule has 56 heavy (non-hydrogen) atoms. The molecule has 9 aromatic carbocycles. The van der Waals surface area contributed by atoms with Crippen LogP contribution in [0.4, 0.5) is 0 Å². The van der Waals surface area contributed by atoms with Gasteiger partial charge in [0.15, 0.2) is 8.07 Å². The molecule has 0 saturated heterocycles. The van der Waals surface area contributed by atoms with Crippen LogP contribution in [0.15, 0.2) is 205 Å². The first kappa shape index (κ1) is 31.2. The molecule has 0 aliphatic carbocycles. The van der Waals surface area contributed by atoms with Crippen LogP contribution >= 0.6 is 0 Å². The maximum absolute atomic E-state index is 7.18. The van der Waals surface area contributed by atoms with Crippen LogP contribution in [0.3, 0.4) is 0 Å². The number of aromatic nitrogens is 1. The topological polar surface area (TPSA) is 27.3 Å². The van der Waals surface area contributed by atoms with Crippen molar-refractivity contribution < 1.29 is 9.15 Å². The summed E-state index contributed by atoms with van der Waals surface area (Å²) >= 11 is 0. The summed E-state index contributed by atoms with van der Waals surface area (Å²) in [5.74, 6) is 1.82. The Kier molecular flexibility index (Phi) is 6.65. The highest BCUT2D eigenvalue weighted by atomic mass is 28.3. The third kappa shape index (κ3) is 4.33. The van der Waals surface area contributed by atoms with Crippen molar-refractivity contribution >= 4 is 83.3 Å². The highest BCUT2D eigenvalue weighted by molar-refractivity contribution is 7.21. The van der Waals surface area contributed by atoms with Crippen LogP contribution in [0.2, 0.25) is 0 Å². The fraction of sp³-hybridized carbons (Fsp3) is 0. The molecule has 0 spiro atoms. The lowest BCUT2D eigenvalue weighted by Gasteiger charge is -2.41. The van der Waals surface area contributed by atoms with Gasteiger partial charge in [0.1, 0.15) is 22.7 Å². The minimum absolute atomic E-state index is 0.882. The molecule has 1 aliphatic heterocycles. The lowest BCUT2D eigenvalue weighted by Crippen LogP contribution is -2.76. The maximum Gasteiger partial charge on any atom is 0.188 e. The molecular formula is C52H33NO2Si.